The average molecular weight is 457 g/mol. The largest absolute Gasteiger partial charge is 0.381 e. The van der Waals surface area contributed by atoms with Crippen molar-refractivity contribution in [3.8, 4) is 5.75 Å². The minimum atomic E-state index is -4.11. The Bertz CT molecular complexity index is 1050. The van der Waals surface area contributed by atoms with Gasteiger partial charge in [0.05, 0.1) is 5.02 Å². The van der Waals surface area contributed by atoms with E-state index in [0.29, 0.717) is 17.0 Å². The molecule has 29 heavy (non-hydrogen) atoms. The van der Waals surface area contributed by atoms with Gasteiger partial charge in [-0.05, 0) is 30.2 Å². The summed E-state index contributed by atoms with van der Waals surface area (Å²) in [5.74, 6) is -1.17. The Morgan fingerprint density at radius 2 is 1.79 bits per heavy atom. The molecule has 0 spiro atoms. The second-order valence-electron chi connectivity index (χ2n) is 6.43. The summed E-state index contributed by atoms with van der Waals surface area (Å²) in [6.07, 6.45) is 0.321. The third-order valence-corrected chi connectivity index (χ3v) is 6.29. The number of hydrogen-bond acceptors (Lipinski definition) is 5. The quantitative estimate of drug-likeness (QED) is 0.507. The molecule has 1 saturated heterocycles. The third-order valence-electron chi connectivity index (χ3n) is 4.65. The minimum Gasteiger partial charge on any atom is -0.381 e. The SMILES string of the molecule is CC[C@]1(c2ccccc2)NC(=O)N(CCS(=O)(=O)Oc2ccc(Cl)cc2Cl)C1=O. The Balaban J connectivity index is 1.75. The Morgan fingerprint density at radius 1 is 1.10 bits per heavy atom. The minimum absolute atomic E-state index is 0.0325. The van der Waals surface area contributed by atoms with E-state index < -0.39 is 33.3 Å². The maximum atomic E-state index is 13.0. The first-order chi connectivity index (χ1) is 13.7. The van der Waals surface area contributed by atoms with Gasteiger partial charge in [0.2, 0.25) is 0 Å². The van der Waals surface area contributed by atoms with Gasteiger partial charge in [0.15, 0.2) is 5.75 Å². The number of imide groups is 1. The first-order valence-corrected chi connectivity index (χ1v) is 11.1. The molecule has 0 aromatic heterocycles. The Morgan fingerprint density at radius 3 is 2.41 bits per heavy atom. The van der Waals surface area contributed by atoms with Crippen molar-refractivity contribution in [2.45, 2.75) is 18.9 Å². The highest BCUT2D eigenvalue weighted by molar-refractivity contribution is 7.87. The number of urea groups is 1. The zero-order valence-corrected chi connectivity index (χ0v) is 17.7. The molecule has 154 valence electrons. The van der Waals surface area contributed by atoms with Crippen molar-refractivity contribution in [1.29, 1.82) is 0 Å². The molecule has 0 unspecified atom stereocenters. The fourth-order valence-electron chi connectivity index (χ4n) is 3.12. The lowest BCUT2D eigenvalue weighted by atomic mass is 9.87. The Labute approximate surface area is 178 Å². The van der Waals surface area contributed by atoms with Crippen LogP contribution in [-0.2, 0) is 20.5 Å². The highest BCUT2D eigenvalue weighted by Crippen LogP contribution is 2.32. The normalized spacial score (nSPS) is 19.3. The number of carbonyl (C=O) groups is 2. The summed E-state index contributed by atoms with van der Waals surface area (Å²) < 4.78 is 29.6. The van der Waals surface area contributed by atoms with Crippen molar-refractivity contribution >= 4 is 45.3 Å². The van der Waals surface area contributed by atoms with Crippen LogP contribution in [0, 0.1) is 0 Å². The average Bonchev–Trinajstić information content (AvgIpc) is 2.93. The zero-order valence-electron chi connectivity index (χ0n) is 15.4. The zero-order chi connectivity index (χ0) is 21.2. The number of carbonyl (C=O) groups excluding carboxylic acids is 2. The molecular formula is C19H18Cl2N2O5S. The van der Waals surface area contributed by atoms with Gasteiger partial charge >= 0.3 is 16.1 Å². The first kappa shape index (κ1) is 21.4. The predicted octanol–water partition coefficient (Wildman–Crippen LogP) is 3.56. The lowest BCUT2D eigenvalue weighted by Crippen LogP contribution is -2.43. The Hall–Kier alpha value is -2.29. The summed E-state index contributed by atoms with van der Waals surface area (Å²) >= 11 is 11.7. The van der Waals surface area contributed by atoms with Crippen LogP contribution in [0.3, 0.4) is 0 Å². The van der Waals surface area contributed by atoms with Crippen molar-refractivity contribution in [3.05, 3.63) is 64.1 Å². The van der Waals surface area contributed by atoms with Crippen LogP contribution < -0.4 is 9.50 Å². The Kier molecular flexibility index (Phi) is 6.07. The van der Waals surface area contributed by atoms with E-state index in [1.807, 2.05) is 0 Å². The smallest absolute Gasteiger partial charge is 0.325 e. The van der Waals surface area contributed by atoms with E-state index >= 15 is 0 Å². The van der Waals surface area contributed by atoms with Crippen LogP contribution in [-0.4, -0.2) is 37.6 Å². The van der Waals surface area contributed by atoms with Crippen LogP contribution in [0.2, 0.25) is 10.0 Å². The summed E-state index contributed by atoms with van der Waals surface area (Å²) in [5.41, 5.74) is -0.585. The molecule has 1 heterocycles. The summed E-state index contributed by atoms with van der Waals surface area (Å²) in [5, 5.41) is 3.06. The molecule has 2 aromatic rings. The monoisotopic (exact) mass is 456 g/mol. The van der Waals surface area contributed by atoms with E-state index in [0.717, 1.165) is 4.90 Å². The third kappa shape index (κ3) is 4.34. The van der Waals surface area contributed by atoms with E-state index in [9.17, 15) is 18.0 Å². The molecule has 2 aromatic carbocycles. The number of nitrogens with zero attached hydrogens (tertiary/aromatic N) is 1. The van der Waals surface area contributed by atoms with E-state index in [2.05, 4.69) is 5.32 Å². The molecular weight excluding hydrogens is 439 g/mol. The van der Waals surface area contributed by atoms with Crippen LogP contribution in [0.5, 0.6) is 5.75 Å². The summed E-state index contributed by atoms with van der Waals surface area (Å²) in [6.45, 7) is 1.42. The maximum absolute atomic E-state index is 13.0. The molecule has 0 saturated carbocycles. The molecule has 3 amide bonds. The fourth-order valence-corrected chi connectivity index (χ4v) is 4.52. The predicted molar refractivity (Wildman–Crippen MR) is 110 cm³/mol. The van der Waals surface area contributed by atoms with Gasteiger partial charge in [0, 0.05) is 11.6 Å². The highest BCUT2D eigenvalue weighted by atomic mass is 35.5. The molecule has 1 N–H and O–H groups in total. The summed E-state index contributed by atoms with van der Waals surface area (Å²) in [7, 11) is -4.11. The maximum Gasteiger partial charge on any atom is 0.325 e. The standard InChI is InChI=1S/C19H18Cl2N2O5S/c1-2-19(13-6-4-3-5-7-13)17(24)23(18(25)22-19)10-11-29(26,27)28-16-9-8-14(20)12-15(16)21/h3-9,12H,2,10-11H2,1H3,(H,22,25)/t19-/m1/s1. The molecule has 0 bridgehead atoms. The molecule has 0 aliphatic carbocycles. The van der Waals surface area contributed by atoms with Crippen LogP contribution >= 0.6 is 23.2 Å². The molecule has 7 nitrogen and oxygen atoms in total. The molecule has 10 heteroatoms. The molecule has 1 fully saturated rings. The molecule has 1 atom stereocenters. The lowest BCUT2D eigenvalue weighted by molar-refractivity contribution is -0.131. The van der Waals surface area contributed by atoms with E-state index in [1.165, 1.54) is 18.2 Å². The lowest BCUT2D eigenvalue weighted by Gasteiger charge is -2.25. The highest BCUT2D eigenvalue weighted by Gasteiger charge is 2.51. The molecule has 1 aliphatic rings. The second kappa shape index (κ2) is 8.22. The molecule has 1 aliphatic heterocycles. The van der Waals surface area contributed by atoms with E-state index in [4.69, 9.17) is 27.4 Å². The van der Waals surface area contributed by atoms with Gasteiger partial charge in [-0.3, -0.25) is 9.69 Å². The van der Waals surface area contributed by atoms with Crippen molar-refractivity contribution in [1.82, 2.24) is 10.2 Å². The number of rotatable bonds is 7. The van der Waals surface area contributed by atoms with Crippen molar-refractivity contribution in [3.63, 3.8) is 0 Å². The van der Waals surface area contributed by atoms with E-state index in [1.54, 1.807) is 37.3 Å². The second-order valence-corrected chi connectivity index (χ2v) is 8.97. The number of hydrogen-bond donors (Lipinski definition) is 1. The summed E-state index contributed by atoms with van der Waals surface area (Å²) in [4.78, 5) is 26.3. The number of benzene rings is 2. The van der Waals surface area contributed by atoms with Crippen LogP contribution in [0.25, 0.3) is 0 Å². The van der Waals surface area contributed by atoms with E-state index in [-0.39, 0.29) is 17.3 Å². The summed E-state index contributed by atoms with van der Waals surface area (Å²) in [6, 6.07) is 12.3. The van der Waals surface area contributed by atoms with Crippen LogP contribution in [0.15, 0.2) is 48.5 Å². The van der Waals surface area contributed by atoms with Crippen molar-refractivity contribution in [2.24, 2.45) is 0 Å². The van der Waals surface area contributed by atoms with Gasteiger partial charge < -0.3 is 9.50 Å². The van der Waals surface area contributed by atoms with Gasteiger partial charge in [-0.1, -0.05) is 60.5 Å². The van der Waals surface area contributed by atoms with Gasteiger partial charge in [-0.2, -0.15) is 8.42 Å². The van der Waals surface area contributed by atoms with Crippen molar-refractivity contribution in [2.75, 3.05) is 12.3 Å². The van der Waals surface area contributed by atoms with Gasteiger partial charge in [-0.25, -0.2) is 4.79 Å². The number of amides is 3. The number of nitrogens with one attached hydrogen (secondary N) is 1. The van der Waals surface area contributed by atoms with Crippen LogP contribution in [0.1, 0.15) is 18.9 Å². The van der Waals surface area contributed by atoms with Crippen LogP contribution in [0.4, 0.5) is 4.79 Å². The van der Waals surface area contributed by atoms with Crippen molar-refractivity contribution < 1.29 is 22.2 Å². The first-order valence-electron chi connectivity index (χ1n) is 8.75. The van der Waals surface area contributed by atoms with Gasteiger partial charge in [0.25, 0.3) is 5.91 Å². The number of halogens is 2. The molecule has 0 radical (unpaired) electrons. The van der Waals surface area contributed by atoms with Gasteiger partial charge in [-0.15, -0.1) is 0 Å². The fraction of sp³-hybridized carbons (Fsp3) is 0.263. The topological polar surface area (TPSA) is 92.8 Å². The molecule has 3 rings (SSSR count). The van der Waals surface area contributed by atoms with Gasteiger partial charge in [0.1, 0.15) is 11.3 Å².